The number of hydrogen-bond donors (Lipinski definition) is 2. The average molecular weight is 435 g/mol. The minimum Gasteiger partial charge on any atom is -0.379 e. The topological polar surface area (TPSA) is 82.5 Å². The van der Waals surface area contributed by atoms with Gasteiger partial charge in [0.05, 0.1) is 18.8 Å². The lowest BCUT2D eigenvalue weighted by Crippen LogP contribution is -2.62. The number of benzene rings is 2. The summed E-state index contributed by atoms with van der Waals surface area (Å²) in [6.07, 6.45) is 0. The molecule has 2 atom stereocenters. The molecule has 4 rings (SSSR count). The number of nitrogens with one attached hydrogen (secondary N) is 2. The van der Waals surface area contributed by atoms with Crippen LogP contribution in [0, 0.1) is 17.0 Å². The molecule has 0 amide bonds. The van der Waals surface area contributed by atoms with Gasteiger partial charge < -0.3 is 10.1 Å². The van der Waals surface area contributed by atoms with Crippen molar-refractivity contribution in [2.24, 2.45) is 0 Å². The number of rotatable bonds is 3. The van der Waals surface area contributed by atoms with E-state index in [-0.39, 0.29) is 11.0 Å². The molecular weight excluding hydrogens is 412 g/mol. The largest absolute Gasteiger partial charge is 0.379 e. The molecule has 0 aromatic heterocycles. The Morgan fingerprint density at radius 1 is 1.13 bits per heavy atom. The highest BCUT2D eigenvalue weighted by molar-refractivity contribution is 7.90. The molecule has 9 heteroatoms. The maximum absolute atomic E-state index is 14.7. The van der Waals surface area contributed by atoms with Crippen LogP contribution in [0.1, 0.15) is 35.8 Å². The van der Waals surface area contributed by atoms with Gasteiger partial charge >= 0.3 is 0 Å². The molecule has 0 saturated carbocycles. The zero-order chi connectivity index (χ0) is 21.9. The SMILES string of the molecule is CN1C(=N)N[C@](C)(c2cc(F)ccc2F)[C@@H](c2ccc(C3(C)COC3)cc2)S1(=O)=O. The van der Waals surface area contributed by atoms with E-state index in [4.69, 9.17) is 10.1 Å². The minimum absolute atomic E-state index is 0.126. The van der Waals surface area contributed by atoms with Gasteiger partial charge in [0.15, 0.2) is 0 Å². The van der Waals surface area contributed by atoms with E-state index in [1.165, 1.54) is 14.0 Å². The maximum atomic E-state index is 14.7. The molecule has 30 heavy (non-hydrogen) atoms. The van der Waals surface area contributed by atoms with Crippen LogP contribution in [0.2, 0.25) is 0 Å². The summed E-state index contributed by atoms with van der Waals surface area (Å²) in [6, 6.07) is 9.99. The van der Waals surface area contributed by atoms with Crippen LogP contribution in [0.4, 0.5) is 8.78 Å². The molecule has 6 nitrogen and oxygen atoms in total. The molecule has 160 valence electrons. The van der Waals surface area contributed by atoms with Crippen molar-refractivity contribution in [1.82, 2.24) is 9.62 Å². The summed E-state index contributed by atoms with van der Waals surface area (Å²) in [7, 11) is -2.83. The van der Waals surface area contributed by atoms with Crippen LogP contribution in [0.25, 0.3) is 0 Å². The number of halogens is 2. The second-order valence-electron chi connectivity index (χ2n) is 8.37. The zero-order valence-electron chi connectivity index (χ0n) is 16.9. The molecule has 2 heterocycles. The van der Waals surface area contributed by atoms with Crippen molar-refractivity contribution in [2.75, 3.05) is 20.3 Å². The van der Waals surface area contributed by atoms with Crippen molar-refractivity contribution in [1.29, 1.82) is 5.41 Å². The zero-order valence-corrected chi connectivity index (χ0v) is 17.7. The minimum atomic E-state index is -4.10. The number of nitrogens with zero attached hydrogens (tertiary/aromatic N) is 1. The molecule has 0 unspecified atom stereocenters. The summed E-state index contributed by atoms with van der Waals surface area (Å²) < 4.78 is 61.6. The second-order valence-corrected chi connectivity index (χ2v) is 10.4. The number of ether oxygens (including phenoxy) is 1. The standard InChI is InChI=1S/C21H23F2N3O3S/c1-20(11-29-12-20)14-6-4-13(5-7-14)18-21(2,16-10-15(22)8-9-17(16)23)25-19(24)26(3)30(18,27)28/h4-10,18H,11-12H2,1-3H3,(H2,24,25)/t18-,21-/m1/s1. The fourth-order valence-electron chi connectivity index (χ4n) is 4.22. The van der Waals surface area contributed by atoms with E-state index in [0.29, 0.717) is 18.8 Å². The van der Waals surface area contributed by atoms with Gasteiger partial charge in [0, 0.05) is 18.0 Å². The Morgan fingerprint density at radius 3 is 2.33 bits per heavy atom. The van der Waals surface area contributed by atoms with E-state index in [1.807, 2.05) is 12.1 Å². The molecule has 2 aliphatic rings. The molecule has 2 fully saturated rings. The van der Waals surface area contributed by atoms with Gasteiger partial charge in [0.2, 0.25) is 16.0 Å². The van der Waals surface area contributed by atoms with Crippen LogP contribution < -0.4 is 5.32 Å². The lowest BCUT2D eigenvalue weighted by Gasteiger charge is -2.46. The van der Waals surface area contributed by atoms with Crippen LogP contribution >= 0.6 is 0 Å². The fraction of sp³-hybridized carbons (Fsp3) is 0.381. The van der Waals surface area contributed by atoms with E-state index >= 15 is 0 Å². The highest BCUT2D eigenvalue weighted by atomic mass is 32.2. The number of guanidine groups is 1. The predicted molar refractivity (Wildman–Crippen MR) is 109 cm³/mol. The van der Waals surface area contributed by atoms with Gasteiger partial charge in [-0.2, -0.15) is 0 Å². The summed E-state index contributed by atoms with van der Waals surface area (Å²) >= 11 is 0. The summed E-state index contributed by atoms with van der Waals surface area (Å²) in [6.45, 7) is 4.71. The summed E-state index contributed by atoms with van der Waals surface area (Å²) in [5.41, 5.74) is -0.449. The number of sulfonamides is 1. The third-order valence-electron chi connectivity index (χ3n) is 6.14. The van der Waals surface area contributed by atoms with E-state index in [0.717, 1.165) is 28.1 Å². The fourth-order valence-corrected chi connectivity index (χ4v) is 6.12. The maximum Gasteiger partial charge on any atom is 0.246 e. The first-order chi connectivity index (χ1) is 14.0. The molecular formula is C21H23F2N3O3S. The molecule has 0 spiro atoms. The third kappa shape index (κ3) is 2.99. The Kier molecular flexibility index (Phi) is 4.66. The Bertz CT molecular complexity index is 1120. The molecule has 2 aromatic rings. The molecule has 2 N–H and O–H groups in total. The van der Waals surface area contributed by atoms with Crippen LogP contribution in [0.3, 0.4) is 0 Å². The third-order valence-corrected chi connectivity index (χ3v) is 8.42. The van der Waals surface area contributed by atoms with Crippen LogP contribution in [-0.2, 0) is 25.7 Å². The highest BCUT2D eigenvalue weighted by Crippen LogP contribution is 2.46. The van der Waals surface area contributed by atoms with E-state index < -0.39 is 38.4 Å². The summed E-state index contributed by atoms with van der Waals surface area (Å²) in [5.74, 6) is -1.85. The smallest absolute Gasteiger partial charge is 0.246 e. The van der Waals surface area contributed by atoms with Crippen LogP contribution in [-0.4, -0.2) is 38.9 Å². The Balaban J connectivity index is 1.88. The van der Waals surface area contributed by atoms with Gasteiger partial charge in [0.1, 0.15) is 16.9 Å². The lowest BCUT2D eigenvalue weighted by atomic mass is 9.79. The van der Waals surface area contributed by atoms with Crippen molar-refractivity contribution >= 4 is 16.0 Å². The molecule has 2 saturated heterocycles. The lowest BCUT2D eigenvalue weighted by molar-refractivity contribution is -0.0500. The van der Waals surface area contributed by atoms with Crippen molar-refractivity contribution in [3.8, 4) is 0 Å². The van der Waals surface area contributed by atoms with Crippen molar-refractivity contribution in [3.05, 3.63) is 70.8 Å². The predicted octanol–water partition coefficient (Wildman–Crippen LogP) is 3.01. The molecule has 0 aliphatic carbocycles. The van der Waals surface area contributed by atoms with Crippen molar-refractivity contribution in [2.45, 2.75) is 30.1 Å². The van der Waals surface area contributed by atoms with E-state index in [9.17, 15) is 17.2 Å². The Labute approximate surface area is 174 Å². The van der Waals surface area contributed by atoms with Gasteiger partial charge in [-0.15, -0.1) is 0 Å². The first-order valence-corrected chi connectivity index (χ1v) is 11.0. The van der Waals surface area contributed by atoms with Gasteiger partial charge in [-0.3, -0.25) is 5.41 Å². The average Bonchev–Trinajstić information content (AvgIpc) is 2.66. The highest BCUT2D eigenvalue weighted by Gasteiger charge is 2.53. The van der Waals surface area contributed by atoms with Gasteiger partial charge in [-0.05, 0) is 36.2 Å². The first-order valence-electron chi connectivity index (χ1n) is 9.47. The van der Waals surface area contributed by atoms with Crippen molar-refractivity contribution < 1.29 is 21.9 Å². The molecule has 2 aliphatic heterocycles. The Morgan fingerprint density at radius 2 is 1.77 bits per heavy atom. The monoisotopic (exact) mass is 435 g/mol. The van der Waals surface area contributed by atoms with Gasteiger partial charge in [-0.1, -0.05) is 31.2 Å². The van der Waals surface area contributed by atoms with E-state index in [1.54, 1.807) is 12.1 Å². The summed E-state index contributed by atoms with van der Waals surface area (Å²) in [5, 5.41) is 9.61. The normalized spacial score (nSPS) is 27.3. The Hall–Kier alpha value is -2.52. The molecule has 0 bridgehead atoms. The van der Waals surface area contributed by atoms with Crippen LogP contribution in [0.15, 0.2) is 42.5 Å². The summed E-state index contributed by atoms with van der Waals surface area (Å²) in [4.78, 5) is 0. The molecule has 2 aromatic carbocycles. The number of hydrogen-bond acceptors (Lipinski definition) is 4. The van der Waals surface area contributed by atoms with Gasteiger partial charge in [0.25, 0.3) is 0 Å². The van der Waals surface area contributed by atoms with E-state index in [2.05, 4.69) is 12.2 Å². The first kappa shape index (κ1) is 20.7. The van der Waals surface area contributed by atoms with Crippen LogP contribution in [0.5, 0.6) is 0 Å². The second kappa shape index (κ2) is 6.75. The van der Waals surface area contributed by atoms with Crippen molar-refractivity contribution in [3.63, 3.8) is 0 Å². The van der Waals surface area contributed by atoms with Gasteiger partial charge in [-0.25, -0.2) is 21.5 Å². The quantitative estimate of drug-likeness (QED) is 0.777. The molecule has 0 radical (unpaired) electrons.